The molecule has 0 atom stereocenters. The molecule has 2 rings (SSSR count). The molecule has 2 N–H and O–H groups in total. The zero-order valence-electron chi connectivity index (χ0n) is 9.45. The van der Waals surface area contributed by atoms with Gasteiger partial charge in [-0.05, 0) is 59.0 Å². The van der Waals surface area contributed by atoms with Gasteiger partial charge < -0.3 is 10.4 Å². The molecule has 0 aromatic heterocycles. The Kier molecular flexibility index (Phi) is 4.54. The fourth-order valence-electron chi connectivity index (χ4n) is 1.44. The van der Waals surface area contributed by atoms with Gasteiger partial charge in [-0.1, -0.05) is 23.2 Å². The molecule has 0 aliphatic carbocycles. The van der Waals surface area contributed by atoms with Gasteiger partial charge in [-0.3, -0.25) is 4.79 Å². The predicted octanol–water partition coefficient (Wildman–Crippen LogP) is 4.56. The number of halogens is 3. The highest BCUT2D eigenvalue weighted by atomic mass is 127. The summed E-state index contributed by atoms with van der Waals surface area (Å²) in [5.41, 5.74) is 0.956. The summed E-state index contributed by atoms with van der Waals surface area (Å²) >= 11 is 13.7. The first-order chi connectivity index (χ1) is 8.97. The number of rotatable bonds is 2. The summed E-state index contributed by atoms with van der Waals surface area (Å²) in [6.07, 6.45) is 0. The molecule has 0 saturated carbocycles. The minimum absolute atomic E-state index is 0.0883. The van der Waals surface area contributed by atoms with Crippen molar-refractivity contribution in [3.05, 3.63) is 55.6 Å². The number of anilines is 1. The zero-order valence-corrected chi connectivity index (χ0v) is 13.1. The van der Waals surface area contributed by atoms with Crippen LogP contribution in [0.4, 0.5) is 5.69 Å². The normalized spacial score (nSPS) is 10.3. The maximum absolute atomic E-state index is 12.0. The molecule has 98 valence electrons. The van der Waals surface area contributed by atoms with Crippen molar-refractivity contribution < 1.29 is 9.90 Å². The summed E-state index contributed by atoms with van der Waals surface area (Å²) in [5, 5.41) is 12.3. The van der Waals surface area contributed by atoms with Crippen LogP contribution in [0.25, 0.3) is 0 Å². The smallest absolute Gasteiger partial charge is 0.255 e. The van der Waals surface area contributed by atoms with Gasteiger partial charge in [0, 0.05) is 14.8 Å². The van der Waals surface area contributed by atoms with Gasteiger partial charge >= 0.3 is 0 Å². The summed E-state index contributed by atoms with van der Waals surface area (Å²) in [4.78, 5) is 12.0. The van der Waals surface area contributed by atoms with Gasteiger partial charge in [0.2, 0.25) is 0 Å². The third-order valence-electron chi connectivity index (χ3n) is 2.38. The predicted molar refractivity (Wildman–Crippen MR) is 85.2 cm³/mol. The van der Waals surface area contributed by atoms with Crippen molar-refractivity contribution in [2.24, 2.45) is 0 Å². The topological polar surface area (TPSA) is 49.3 Å². The van der Waals surface area contributed by atoms with Crippen molar-refractivity contribution in [2.45, 2.75) is 0 Å². The number of amides is 1. The highest BCUT2D eigenvalue weighted by molar-refractivity contribution is 14.1. The van der Waals surface area contributed by atoms with Crippen LogP contribution in [0.2, 0.25) is 10.0 Å². The second kappa shape index (κ2) is 5.98. The van der Waals surface area contributed by atoms with Crippen LogP contribution in [0.15, 0.2) is 36.4 Å². The van der Waals surface area contributed by atoms with E-state index in [2.05, 4.69) is 27.9 Å². The molecule has 2 aromatic carbocycles. The van der Waals surface area contributed by atoms with Gasteiger partial charge in [-0.25, -0.2) is 0 Å². The second-order valence-corrected chi connectivity index (χ2v) is 5.81. The second-order valence-electron chi connectivity index (χ2n) is 3.75. The molecule has 0 unspecified atom stereocenters. The van der Waals surface area contributed by atoms with Crippen molar-refractivity contribution in [3.63, 3.8) is 0 Å². The van der Waals surface area contributed by atoms with Crippen molar-refractivity contribution in [2.75, 3.05) is 5.32 Å². The number of hydrogen-bond acceptors (Lipinski definition) is 2. The molecule has 0 aliphatic heterocycles. The van der Waals surface area contributed by atoms with Gasteiger partial charge in [0.15, 0.2) is 5.75 Å². The Hall–Kier alpha value is -0.980. The lowest BCUT2D eigenvalue weighted by Gasteiger charge is -2.08. The lowest BCUT2D eigenvalue weighted by Crippen LogP contribution is -2.11. The Balaban J connectivity index is 2.22. The molecule has 1 amide bonds. The summed E-state index contributed by atoms with van der Waals surface area (Å²) < 4.78 is 1.05. The maximum Gasteiger partial charge on any atom is 0.255 e. The first-order valence-electron chi connectivity index (χ1n) is 5.22. The fraction of sp³-hybridized carbons (Fsp3) is 0. The van der Waals surface area contributed by atoms with Crippen molar-refractivity contribution in [1.82, 2.24) is 0 Å². The van der Waals surface area contributed by atoms with E-state index in [0.717, 1.165) is 3.57 Å². The van der Waals surface area contributed by atoms with Crippen molar-refractivity contribution in [1.29, 1.82) is 0 Å². The van der Waals surface area contributed by atoms with Crippen LogP contribution >= 0.6 is 45.8 Å². The van der Waals surface area contributed by atoms with Gasteiger partial charge in [0.1, 0.15) is 0 Å². The molecular formula is C13H8Cl2INO2. The summed E-state index contributed by atoms with van der Waals surface area (Å²) in [6.45, 7) is 0. The third kappa shape index (κ3) is 3.52. The number of carbonyl (C=O) groups is 1. The molecular weight excluding hydrogens is 400 g/mol. The van der Waals surface area contributed by atoms with E-state index < -0.39 is 0 Å². The SMILES string of the molecule is O=C(Nc1cc(Cl)c(O)c(Cl)c1)c1ccc(I)cc1. The van der Waals surface area contributed by atoms with Gasteiger partial charge in [0.05, 0.1) is 10.0 Å². The lowest BCUT2D eigenvalue weighted by atomic mass is 10.2. The van der Waals surface area contributed by atoms with Crippen molar-refractivity contribution in [3.8, 4) is 5.75 Å². The van der Waals surface area contributed by atoms with Crippen LogP contribution in [0.3, 0.4) is 0 Å². The van der Waals surface area contributed by atoms with E-state index in [4.69, 9.17) is 23.2 Å². The summed E-state index contributed by atoms with van der Waals surface area (Å²) in [5.74, 6) is -0.468. The molecule has 0 spiro atoms. The standard InChI is InChI=1S/C13H8Cl2INO2/c14-10-5-9(6-11(15)12(10)18)17-13(19)7-1-3-8(16)4-2-7/h1-6,18H,(H,17,19). The Morgan fingerprint density at radius 1 is 1.11 bits per heavy atom. The van der Waals surface area contributed by atoms with E-state index in [-0.39, 0.29) is 21.7 Å². The molecule has 6 heteroatoms. The highest BCUT2D eigenvalue weighted by Gasteiger charge is 2.10. The molecule has 0 fully saturated rings. The van der Waals surface area contributed by atoms with E-state index in [0.29, 0.717) is 11.3 Å². The molecule has 3 nitrogen and oxygen atoms in total. The number of phenolic OH excluding ortho intramolecular Hbond substituents is 1. The summed E-state index contributed by atoms with van der Waals surface area (Å²) in [7, 11) is 0. The van der Waals surface area contributed by atoms with E-state index in [1.54, 1.807) is 12.1 Å². The Labute approximate surface area is 133 Å². The summed E-state index contributed by atoms with van der Waals surface area (Å²) in [6, 6.07) is 10.0. The van der Waals surface area contributed by atoms with Crippen LogP contribution in [0.5, 0.6) is 5.75 Å². The number of nitrogens with one attached hydrogen (secondary N) is 1. The number of aromatic hydroxyl groups is 1. The minimum atomic E-state index is -0.269. The Morgan fingerprint density at radius 2 is 1.63 bits per heavy atom. The van der Waals surface area contributed by atoms with Gasteiger partial charge in [-0.2, -0.15) is 0 Å². The van der Waals surface area contributed by atoms with E-state index in [9.17, 15) is 9.90 Å². The van der Waals surface area contributed by atoms with Crippen molar-refractivity contribution >= 4 is 57.4 Å². The zero-order chi connectivity index (χ0) is 14.0. The Bertz CT molecular complexity index is 606. The monoisotopic (exact) mass is 407 g/mol. The molecule has 0 saturated heterocycles. The number of carbonyl (C=O) groups excluding carboxylic acids is 1. The van der Waals surface area contributed by atoms with Crippen LogP contribution in [0.1, 0.15) is 10.4 Å². The molecule has 0 radical (unpaired) electrons. The highest BCUT2D eigenvalue weighted by Crippen LogP contribution is 2.34. The molecule has 0 aliphatic rings. The number of phenols is 1. The maximum atomic E-state index is 12.0. The first-order valence-corrected chi connectivity index (χ1v) is 7.06. The van der Waals surface area contributed by atoms with Gasteiger partial charge in [-0.15, -0.1) is 0 Å². The number of hydrogen-bond donors (Lipinski definition) is 2. The molecule has 0 heterocycles. The lowest BCUT2D eigenvalue weighted by molar-refractivity contribution is 0.102. The van der Waals surface area contributed by atoms with Crippen LogP contribution < -0.4 is 5.32 Å². The van der Waals surface area contributed by atoms with E-state index in [1.165, 1.54) is 12.1 Å². The number of benzene rings is 2. The van der Waals surface area contributed by atoms with Crippen LogP contribution in [-0.2, 0) is 0 Å². The minimum Gasteiger partial charge on any atom is -0.505 e. The average molecular weight is 408 g/mol. The first kappa shape index (κ1) is 14.4. The fourth-order valence-corrected chi connectivity index (χ4v) is 2.29. The van der Waals surface area contributed by atoms with Crippen LogP contribution in [-0.4, -0.2) is 11.0 Å². The quantitative estimate of drug-likeness (QED) is 0.566. The molecule has 2 aromatic rings. The van der Waals surface area contributed by atoms with Crippen LogP contribution in [0, 0.1) is 3.57 Å². The third-order valence-corrected chi connectivity index (χ3v) is 3.68. The molecule has 19 heavy (non-hydrogen) atoms. The molecule has 0 bridgehead atoms. The largest absolute Gasteiger partial charge is 0.505 e. The van der Waals surface area contributed by atoms with E-state index in [1.807, 2.05) is 12.1 Å². The Morgan fingerprint density at radius 3 is 2.16 bits per heavy atom. The van der Waals surface area contributed by atoms with E-state index >= 15 is 0 Å². The van der Waals surface area contributed by atoms with Gasteiger partial charge in [0.25, 0.3) is 5.91 Å². The average Bonchev–Trinajstić information content (AvgIpc) is 2.36.